The average molecular weight is 253 g/mol. The van der Waals surface area contributed by atoms with Crippen molar-refractivity contribution >= 4 is 11.7 Å². The molecular weight excluding hydrogens is 241 g/mol. The predicted molar refractivity (Wildman–Crippen MR) is 62.7 cm³/mol. The quantitative estimate of drug-likeness (QED) is 0.350. The van der Waals surface area contributed by atoms with Crippen LogP contribution in [-0.4, -0.2) is 17.5 Å². The second kappa shape index (κ2) is 5.90. The van der Waals surface area contributed by atoms with Crippen LogP contribution in [0.25, 0.3) is 0 Å². The van der Waals surface area contributed by atoms with Crippen LogP contribution >= 0.6 is 0 Å². The van der Waals surface area contributed by atoms with E-state index in [1.165, 1.54) is 18.2 Å². The lowest BCUT2D eigenvalue weighted by molar-refractivity contribution is -0.384. The van der Waals surface area contributed by atoms with Gasteiger partial charge in [0.1, 0.15) is 0 Å². The summed E-state index contributed by atoms with van der Waals surface area (Å²) in [5, 5.41) is 10.6. The molecular formula is C12H12FNO4. The largest absolute Gasteiger partial charge is 0.463 e. The van der Waals surface area contributed by atoms with Crippen molar-refractivity contribution in [2.75, 3.05) is 6.61 Å². The first-order chi connectivity index (χ1) is 8.47. The summed E-state index contributed by atoms with van der Waals surface area (Å²) in [6, 6.07) is 5.00. The number of carbonyl (C=O) groups excluding carboxylic acids is 1. The lowest BCUT2D eigenvalue weighted by Crippen LogP contribution is -2.11. The molecule has 0 bridgehead atoms. The van der Waals surface area contributed by atoms with Crippen molar-refractivity contribution in [3.63, 3.8) is 0 Å². The summed E-state index contributed by atoms with van der Waals surface area (Å²) in [5.41, 5.74) is -0.619. The van der Waals surface area contributed by atoms with Crippen LogP contribution in [0.15, 0.2) is 36.4 Å². The molecule has 0 spiro atoms. The maximum Gasteiger partial charge on any atom is 0.336 e. The highest BCUT2D eigenvalue weighted by atomic mass is 19.1. The number of nitrogens with zero attached hydrogens (tertiary/aromatic N) is 1. The Morgan fingerprint density at radius 1 is 1.61 bits per heavy atom. The molecule has 96 valence electrons. The van der Waals surface area contributed by atoms with Crippen molar-refractivity contribution < 1.29 is 18.8 Å². The summed E-state index contributed by atoms with van der Waals surface area (Å²) in [6.45, 7) is 5.00. The number of hydrogen-bond donors (Lipinski definition) is 0. The number of carbonyl (C=O) groups is 1. The molecule has 0 saturated heterocycles. The van der Waals surface area contributed by atoms with Gasteiger partial charge in [-0.25, -0.2) is 9.18 Å². The van der Waals surface area contributed by atoms with Crippen molar-refractivity contribution in [2.24, 2.45) is 0 Å². The fourth-order valence-electron chi connectivity index (χ4n) is 1.32. The van der Waals surface area contributed by atoms with Crippen LogP contribution < -0.4 is 0 Å². The zero-order valence-electron chi connectivity index (χ0n) is 9.76. The zero-order chi connectivity index (χ0) is 13.7. The third-order valence-electron chi connectivity index (χ3n) is 2.22. The third-order valence-corrected chi connectivity index (χ3v) is 2.22. The topological polar surface area (TPSA) is 69.4 Å². The Bertz CT molecular complexity index is 487. The van der Waals surface area contributed by atoms with Crippen molar-refractivity contribution in [2.45, 2.75) is 13.1 Å². The number of alkyl halides is 1. The van der Waals surface area contributed by atoms with Crippen LogP contribution in [-0.2, 0) is 9.53 Å². The van der Waals surface area contributed by atoms with Gasteiger partial charge in [0.15, 0.2) is 6.17 Å². The van der Waals surface area contributed by atoms with Gasteiger partial charge in [-0.05, 0) is 12.5 Å². The number of nitro benzene ring substituents is 1. The van der Waals surface area contributed by atoms with Crippen molar-refractivity contribution in [3.05, 3.63) is 52.1 Å². The van der Waals surface area contributed by atoms with Crippen LogP contribution in [0.4, 0.5) is 10.1 Å². The summed E-state index contributed by atoms with van der Waals surface area (Å²) < 4.78 is 18.5. The Morgan fingerprint density at radius 3 is 2.83 bits per heavy atom. The van der Waals surface area contributed by atoms with E-state index in [-0.39, 0.29) is 23.4 Å². The number of benzene rings is 1. The van der Waals surface area contributed by atoms with E-state index in [1.807, 2.05) is 0 Å². The van der Waals surface area contributed by atoms with E-state index in [0.717, 1.165) is 6.07 Å². The highest BCUT2D eigenvalue weighted by Gasteiger charge is 2.22. The molecule has 1 atom stereocenters. The molecule has 6 heteroatoms. The van der Waals surface area contributed by atoms with Gasteiger partial charge in [0.25, 0.3) is 5.69 Å². The molecule has 0 N–H and O–H groups in total. The van der Waals surface area contributed by atoms with Gasteiger partial charge in [0.2, 0.25) is 0 Å². The van der Waals surface area contributed by atoms with Crippen molar-refractivity contribution in [3.8, 4) is 0 Å². The van der Waals surface area contributed by atoms with Gasteiger partial charge in [-0.2, -0.15) is 0 Å². The van der Waals surface area contributed by atoms with E-state index in [1.54, 1.807) is 6.92 Å². The second-order valence-electron chi connectivity index (χ2n) is 3.46. The van der Waals surface area contributed by atoms with Gasteiger partial charge >= 0.3 is 5.97 Å². The number of non-ortho nitro benzene ring substituents is 1. The van der Waals surface area contributed by atoms with Crippen molar-refractivity contribution in [1.29, 1.82) is 0 Å². The van der Waals surface area contributed by atoms with Gasteiger partial charge in [0.05, 0.1) is 17.1 Å². The summed E-state index contributed by atoms with van der Waals surface area (Å²) in [4.78, 5) is 21.2. The minimum atomic E-state index is -1.82. The normalized spacial score (nSPS) is 11.7. The number of nitro groups is 1. The van der Waals surface area contributed by atoms with Crippen LogP contribution in [0.2, 0.25) is 0 Å². The van der Waals surface area contributed by atoms with Crippen LogP contribution in [0.3, 0.4) is 0 Å². The SMILES string of the molecule is C=C(C(=O)OCC)C(F)c1cccc([N+](=O)[O-])c1. The summed E-state index contributed by atoms with van der Waals surface area (Å²) >= 11 is 0. The molecule has 18 heavy (non-hydrogen) atoms. The fourth-order valence-corrected chi connectivity index (χ4v) is 1.32. The Balaban J connectivity index is 2.93. The lowest BCUT2D eigenvalue weighted by atomic mass is 10.0. The third kappa shape index (κ3) is 3.13. The van der Waals surface area contributed by atoms with E-state index in [9.17, 15) is 19.3 Å². The van der Waals surface area contributed by atoms with Crippen LogP contribution in [0, 0.1) is 10.1 Å². The Hall–Kier alpha value is -2.24. The first-order valence-electron chi connectivity index (χ1n) is 5.21. The van der Waals surface area contributed by atoms with Gasteiger partial charge < -0.3 is 4.74 Å². The minimum Gasteiger partial charge on any atom is -0.463 e. The maximum atomic E-state index is 13.9. The molecule has 0 saturated carbocycles. The molecule has 0 aliphatic rings. The monoisotopic (exact) mass is 253 g/mol. The molecule has 5 nitrogen and oxygen atoms in total. The first kappa shape index (κ1) is 13.8. The molecule has 0 aromatic heterocycles. The Kier molecular flexibility index (Phi) is 4.53. The van der Waals surface area contributed by atoms with E-state index in [2.05, 4.69) is 11.3 Å². The molecule has 0 heterocycles. The van der Waals surface area contributed by atoms with E-state index >= 15 is 0 Å². The molecule has 1 aromatic rings. The Labute approximate surface area is 103 Å². The van der Waals surface area contributed by atoms with Gasteiger partial charge in [0, 0.05) is 12.1 Å². The molecule has 0 aliphatic heterocycles. The number of rotatable bonds is 5. The maximum absolute atomic E-state index is 13.9. The molecule has 1 unspecified atom stereocenters. The summed E-state index contributed by atoms with van der Waals surface area (Å²) in [6.07, 6.45) is -1.82. The summed E-state index contributed by atoms with van der Waals surface area (Å²) in [5.74, 6) is -0.850. The molecule has 0 radical (unpaired) electrons. The van der Waals surface area contributed by atoms with Crippen molar-refractivity contribution in [1.82, 2.24) is 0 Å². The van der Waals surface area contributed by atoms with E-state index < -0.39 is 17.1 Å². The molecule has 1 aromatic carbocycles. The first-order valence-corrected chi connectivity index (χ1v) is 5.21. The van der Waals surface area contributed by atoms with Gasteiger partial charge in [-0.3, -0.25) is 10.1 Å². The van der Waals surface area contributed by atoms with E-state index in [0.29, 0.717) is 0 Å². The zero-order valence-corrected chi connectivity index (χ0v) is 9.76. The highest BCUT2D eigenvalue weighted by Crippen LogP contribution is 2.28. The average Bonchev–Trinajstić information content (AvgIpc) is 2.37. The number of ether oxygens (including phenoxy) is 1. The molecule has 0 aliphatic carbocycles. The smallest absolute Gasteiger partial charge is 0.336 e. The number of halogens is 1. The van der Waals surface area contributed by atoms with Gasteiger partial charge in [-0.15, -0.1) is 0 Å². The molecule has 1 rings (SSSR count). The minimum absolute atomic E-state index is 0.00209. The lowest BCUT2D eigenvalue weighted by Gasteiger charge is -2.10. The number of esters is 1. The van der Waals surface area contributed by atoms with Crippen LogP contribution in [0.5, 0.6) is 0 Å². The number of hydrogen-bond acceptors (Lipinski definition) is 4. The predicted octanol–water partition coefficient (Wildman–Crippen LogP) is 2.72. The van der Waals surface area contributed by atoms with E-state index in [4.69, 9.17) is 0 Å². The van der Waals surface area contributed by atoms with Gasteiger partial charge in [-0.1, -0.05) is 18.7 Å². The summed E-state index contributed by atoms with van der Waals surface area (Å²) in [7, 11) is 0. The second-order valence-corrected chi connectivity index (χ2v) is 3.46. The standard InChI is InChI=1S/C12H12FNO4/c1-3-18-12(15)8(2)11(13)9-5-4-6-10(7-9)14(16)17/h4-7,11H,2-3H2,1H3. The fraction of sp³-hybridized carbons (Fsp3) is 0.250. The molecule has 0 amide bonds. The highest BCUT2D eigenvalue weighted by molar-refractivity contribution is 5.89. The molecule has 0 fully saturated rings. The van der Waals surface area contributed by atoms with Crippen LogP contribution in [0.1, 0.15) is 18.7 Å². The Morgan fingerprint density at radius 2 is 2.28 bits per heavy atom.